The Morgan fingerprint density at radius 2 is 1.76 bits per heavy atom. The van der Waals surface area contributed by atoms with Crippen LogP contribution in [0, 0.1) is 0 Å². The number of carbonyl (C=O) groups excluding carboxylic acids is 3. The molecule has 0 atom stereocenters. The van der Waals surface area contributed by atoms with Crippen molar-refractivity contribution in [3.63, 3.8) is 0 Å². The number of rotatable bonds is 5. The summed E-state index contributed by atoms with van der Waals surface area (Å²) >= 11 is 0. The van der Waals surface area contributed by atoms with Crippen LogP contribution in [0.15, 0.2) is 29.2 Å². The molecular weight excluding hydrogens is 350 g/mol. The number of carbonyl (C=O) groups is 3. The van der Waals surface area contributed by atoms with Gasteiger partial charge in [0, 0.05) is 12.5 Å². The third-order valence-electron chi connectivity index (χ3n) is 2.53. The lowest BCUT2D eigenvalue weighted by Crippen LogP contribution is -2.42. The van der Waals surface area contributed by atoms with Crippen LogP contribution in [0.25, 0.3) is 0 Å². The van der Waals surface area contributed by atoms with Gasteiger partial charge in [0.1, 0.15) is 0 Å². The van der Waals surface area contributed by atoms with Crippen LogP contribution in [-0.4, -0.2) is 38.3 Å². The van der Waals surface area contributed by atoms with Gasteiger partial charge in [-0.15, -0.1) is 0 Å². The van der Waals surface area contributed by atoms with E-state index in [2.05, 4.69) is 4.72 Å². The van der Waals surface area contributed by atoms with Crippen LogP contribution in [0.3, 0.4) is 0 Å². The molecule has 0 fully saturated rings. The molecule has 0 bridgehead atoms. The molecule has 25 heavy (non-hydrogen) atoms. The van der Waals surface area contributed by atoms with Crippen LogP contribution >= 0.6 is 0 Å². The highest BCUT2D eigenvalue weighted by atomic mass is 32.2. The van der Waals surface area contributed by atoms with Crippen molar-refractivity contribution in [2.75, 3.05) is 6.61 Å². The van der Waals surface area contributed by atoms with Gasteiger partial charge in [0.15, 0.2) is 6.61 Å². The molecule has 10 heteroatoms. The van der Waals surface area contributed by atoms with E-state index in [9.17, 15) is 22.8 Å². The summed E-state index contributed by atoms with van der Waals surface area (Å²) < 4.78 is 31.8. The quantitative estimate of drug-likeness (QED) is 0.497. The van der Waals surface area contributed by atoms with Crippen molar-refractivity contribution in [2.24, 2.45) is 0 Å². The second-order valence-corrected chi connectivity index (χ2v) is 7.87. The second kappa shape index (κ2) is 8.08. The Labute approximate surface area is 146 Å². The van der Waals surface area contributed by atoms with Gasteiger partial charge < -0.3 is 4.74 Å². The van der Waals surface area contributed by atoms with Crippen molar-refractivity contribution in [2.45, 2.75) is 38.1 Å². The van der Waals surface area contributed by atoms with Crippen LogP contribution in [0.5, 0.6) is 0 Å². The number of ether oxygens (including phenoxy) is 1. The SMILES string of the molecule is CC(=O)NNC(=O)COC(=O)c1cccc(S(=O)(=O)NC(C)(C)C)c1. The summed E-state index contributed by atoms with van der Waals surface area (Å²) in [4.78, 5) is 33.8. The topological polar surface area (TPSA) is 131 Å². The molecule has 0 aliphatic heterocycles. The average molecular weight is 371 g/mol. The van der Waals surface area contributed by atoms with Gasteiger partial charge in [-0.25, -0.2) is 17.9 Å². The van der Waals surface area contributed by atoms with Crippen molar-refractivity contribution in [1.29, 1.82) is 0 Å². The monoisotopic (exact) mass is 371 g/mol. The Bertz CT molecular complexity index is 768. The first kappa shape index (κ1) is 20.6. The Morgan fingerprint density at radius 3 is 2.32 bits per heavy atom. The van der Waals surface area contributed by atoms with Crippen molar-refractivity contribution < 1.29 is 27.5 Å². The van der Waals surface area contributed by atoms with E-state index >= 15 is 0 Å². The lowest BCUT2D eigenvalue weighted by molar-refractivity contribution is -0.129. The van der Waals surface area contributed by atoms with Crippen LogP contribution < -0.4 is 15.6 Å². The Hall–Kier alpha value is -2.46. The molecule has 3 N–H and O–H groups in total. The maximum absolute atomic E-state index is 12.3. The van der Waals surface area contributed by atoms with Crippen molar-refractivity contribution in [3.8, 4) is 0 Å². The highest BCUT2D eigenvalue weighted by molar-refractivity contribution is 7.89. The van der Waals surface area contributed by atoms with Gasteiger partial charge in [0.05, 0.1) is 10.5 Å². The first-order valence-corrected chi connectivity index (χ1v) is 8.75. The molecule has 1 aromatic carbocycles. The molecule has 0 saturated heterocycles. The number of amides is 2. The molecule has 9 nitrogen and oxygen atoms in total. The predicted molar refractivity (Wildman–Crippen MR) is 88.8 cm³/mol. The maximum Gasteiger partial charge on any atom is 0.338 e. The van der Waals surface area contributed by atoms with E-state index in [1.807, 2.05) is 10.9 Å². The summed E-state index contributed by atoms with van der Waals surface area (Å²) in [7, 11) is -3.81. The van der Waals surface area contributed by atoms with Gasteiger partial charge in [-0.3, -0.25) is 20.4 Å². The normalized spacial score (nSPS) is 11.5. The molecule has 2 amide bonds. The highest BCUT2D eigenvalue weighted by Gasteiger charge is 2.23. The van der Waals surface area contributed by atoms with Crippen LogP contribution in [0.2, 0.25) is 0 Å². The maximum atomic E-state index is 12.3. The van der Waals surface area contributed by atoms with E-state index < -0.39 is 40.0 Å². The van der Waals surface area contributed by atoms with Crippen molar-refractivity contribution in [1.82, 2.24) is 15.6 Å². The first-order chi connectivity index (χ1) is 11.4. The lowest BCUT2D eigenvalue weighted by Gasteiger charge is -2.20. The molecule has 0 unspecified atom stereocenters. The average Bonchev–Trinajstić information content (AvgIpc) is 2.48. The molecule has 138 valence electrons. The summed E-state index contributed by atoms with van der Waals surface area (Å²) in [5.41, 5.74) is 3.36. The van der Waals surface area contributed by atoms with Crippen LogP contribution in [0.4, 0.5) is 0 Å². The first-order valence-electron chi connectivity index (χ1n) is 7.27. The van der Waals surface area contributed by atoms with Gasteiger partial charge in [-0.1, -0.05) is 6.07 Å². The Kier molecular flexibility index (Phi) is 6.65. The summed E-state index contributed by atoms with van der Waals surface area (Å²) in [6.45, 7) is 5.64. The van der Waals surface area contributed by atoms with Crippen LogP contribution in [-0.2, 0) is 24.3 Å². The van der Waals surface area contributed by atoms with E-state index in [4.69, 9.17) is 4.74 Å². The van der Waals surface area contributed by atoms with Crippen LogP contribution in [0.1, 0.15) is 38.1 Å². The third-order valence-corrected chi connectivity index (χ3v) is 4.29. The minimum atomic E-state index is -3.81. The van der Waals surface area contributed by atoms with E-state index in [1.54, 1.807) is 20.8 Å². The summed E-state index contributed by atoms with van der Waals surface area (Å²) in [6, 6.07) is 5.26. The zero-order valence-corrected chi connectivity index (χ0v) is 15.2. The Morgan fingerprint density at radius 1 is 1.12 bits per heavy atom. The van der Waals surface area contributed by atoms with Gasteiger partial charge in [0.25, 0.3) is 5.91 Å². The van der Waals surface area contributed by atoms with Gasteiger partial charge in [0.2, 0.25) is 15.9 Å². The number of hydrazine groups is 1. The molecule has 0 aromatic heterocycles. The van der Waals surface area contributed by atoms with Gasteiger partial charge in [-0.2, -0.15) is 0 Å². The van der Waals surface area contributed by atoms with E-state index in [0.29, 0.717) is 0 Å². The molecule has 0 aliphatic carbocycles. The van der Waals surface area contributed by atoms with Crippen molar-refractivity contribution >= 4 is 27.8 Å². The fourth-order valence-corrected chi connectivity index (χ4v) is 3.12. The smallest absolute Gasteiger partial charge is 0.338 e. The molecule has 0 aliphatic rings. The fraction of sp³-hybridized carbons (Fsp3) is 0.400. The molecular formula is C15H21N3O6S. The molecule has 1 rings (SSSR count). The minimum absolute atomic E-state index is 0.0240. The van der Waals surface area contributed by atoms with Gasteiger partial charge >= 0.3 is 5.97 Å². The molecule has 0 radical (unpaired) electrons. The molecule has 1 aromatic rings. The lowest BCUT2D eigenvalue weighted by atomic mass is 10.1. The number of hydrogen-bond donors (Lipinski definition) is 3. The highest BCUT2D eigenvalue weighted by Crippen LogP contribution is 2.15. The zero-order chi connectivity index (χ0) is 19.3. The molecule has 0 saturated carbocycles. The largest absolute Gasteiger partial charge is 0.452 e. The number of sulfonamides is 1. The number of nitrogens with one attached hydrogen (secondary N) is 3. The predicted octanol–water partition coefficient (Wildman–Crippen LogP) is 0.0875. The second-order valence-electron chi connectivity index (χ2n) is 6.19. The summed E-state index contributed by atoms with van der Waals surface area (Å²) in [5, 5.41) is 0. The Balaban J connectivity index is 2.79. The standard InChI is InChI=1S/C15H21N3O6S/c1-10(19)16-17-13(20)9-24-14(21)11-6-5-7-12(8-11)25(22,23)18-15(2,3)4/h5-8,18H,9H2,1-4H3,(H,16,19)(H,17,20). The van der Waals surface area contributed by atoms with E-state index in [1.165, 1.54) is 25.1 Å². The summed E-state index contributed by atoms with van der Waals surface area (Å²) in [5.74, 6) is -2.09. The molecule has 0 spiro atoms. The van der Waals surface area contributed by atoms with Gasteiger partial charge in [-0.05, 0) is 39.0 Å². The summed E-state index contributed by atoms with van der Waals surface area (Å²) in [6.07, 6.45) is 0. The number of esters is 1. The molecule has 0 heterocycles. The zero-order valence-electron chi connectivity index (χ0n) is 14.4. The fourth-order valence-electron chi connectivity index (χ4n) is 1.66. The van der Waals surface area contributed by atoms with Crippen molar-refractivity contribution in [3.05, 3.63) is 29.8 Å². The third kappa shape index (κ3) is 7.31. The minimum Gasteiger partial charge on any atom is -0.452 e. The number of hydrogen-bond acceptors (Lipinski definition) is 6. The number of benzene rings is 1. The van der Waals surface area contributed by atoms with E-state index in [0.717, 1.165) is 6.07 Å². The van der Waals surface area contributed by atoms with E-state index in [-0.39, 0.29) is 10.5 Å².